The molecular weight excluding hydrogens is 398 g/mol. The summed E-state index contributed by atoms with van der Waals surface area (Å²) in [6, 6.07) is 16.9. The number of para-hydroxylation sites is 1. The highest BCUT2D eigenvalue weighted by atomic mass is 15.2. The van der Waals surface area contributed by atoms with Gasteiger partial charge in [-0.1, -0.05) is 24.3 Å². The maximum absolute atomic E-state index is 6.06. The maximum Gasteiger partial charge on any atom is 0.147 e. The molecule has 0 bridgehead atoms. The van der Waals surface area contributed by atoms with Gasteiger partial charge in [0, 0.05) is 41.7 Å². The van der Waals surface area contributed by atoms with Crippen molar-refractivity contribution in [2.24, 2.45) is 5.73 Å². The first-order valence-corrected chi connectivity index (χ1v) is 10.9. The van der Waals surface area contributed by atoms with Crippen LogP contribution < -0.4 is 10.6 Å². The number of nitrogens with two attached hydrogens (primary N) is 1. The number of anilines is 1. The van der Waals surface area contributed by atoms with E-state index in [1.165, 1.54) is 0 Å². The minimum atomic E-state index is 0.278. The molecule has 158 valence electrons. The number of nitrogens with one attached hydrogen (secondary N) is 1. The standard InChI is InChI=1S/C25H23N7/c26-19-7-9-32(10-8-19)24-15-27-14-23(29-24)25-20-12-16(5-6-22(20)30-31-25)18-11-17-3-1-2-4-21(17)28-13-18/h1-6,11-15,19H,7-10,26H2,(H,30,31). The minimum absolute atomic E-state index is 0.278. The Morgan fingerprint density at radius 2 is 1.81 bits per heavy atom. The van der Waals surface area contributed by atoms with E-state index in [-0.39, 0.29) is 6.04 Å². The van der Waals surface area contributed by atoms with E-state index in [0.717, 1.165) is 76.1 Å². The summed E-state index contributed by atoms with van der Waals surface area (Å²) in [5.74, 6) is 0.875. The summed E-state index contributed by atoms with van der Waals surface area (Å²) in [7, 11) is 0. The molecule has 0 saturated carbocycles. The Balaban J connectivity index is 1.39. The summed E-state index contributed by atoms with van der Waals surface area (Å²) < 4.78 is 0. The Morgan fingerprint density at radius 3 is 2.72 bits per heavy atom. The molecule has 5 aromatic rings. The highest BCUT2D eigenvalue weighted by Crippen LogP contribution is 2.31. The molecule has 1 aliphatic rings. The first-order valence-electron chi connectivity index (χ1n) is 10.9. The van der Waals surface area contributed by atoms with E-state index in [1.54, 1.807) is 6.20 Å². The lowest BCUT2D eigenvalue weighted by Crippen LogP contribution is -2.40. The fraction of sp³-hybridized carbons (Fsp3) is 0.200. The maximum atomic E-state index is 6.06. The molecule has 0 radical (unpaired) electrons. The van der Waals surface area contributed by atoms with Crippen LogP contribution in [0.2, 0.25) is 0 Å². The van der Waals surface area contributed by atoms with Crippen LogP contribution >= 0.6 is 0 Å². The third kappa shape index (κ3) is 3.36. The molecule has 0 unspecified atom stereocenters. The molecule has 32 heavy (non-hydrogen) atoms. The molecule has 1 fully saturated rings. The highest BCUT2D eigenvalue weighted by molar-refractivity contribution is 5.95. The van der Waals surface area contributed by atoms with Crippen LogP contribution in [0.25, 0.3) is 44.3 Å². The van der Waals surface area contributed by atoms with Crippen LogP contribution in [0.3, 0.4) is 0 Å². The Morgan fingerprint density at radius 1 is 0.938 bits per heavy atom. The van der Waals surface area contributed by atoms with Gasteiger partial charge in [0.2, 0.25) is 0 Å². The number of aromatic nitrogens is 5. The lowest BCUT2D eigenvalue weighted by atomic mass is 10.0. The second-order valence-electron chi connectivity index (χ2n) is 8.34. The number of H-pyrrole nitrogens is 1. The normalized spacial score (nSPS) is 15.0. The third-order valence-electron chi connectivity index (χ3n) is 6.21. The summed E-state index contributed by atoms with van der Waals surface area (Å²) in [6.07, 6.45) is 7.46. The molecule has 7 heteroatoms. The van der Waals surface area contributed by atoms with Crippen molar-refractivity contribution in [3.8, 4) is 22.5 Å². The van der Waals surface area contributed by atoms with Gasteiger partial charge in [0.25, 0.3) is 0 Å². The van der Waals surface area contributed by atoms with E-state index in [0.29, 0.717) is 0 Å². The Bertz CT molecular complexity index is 1420. The number of rotatable bonds is 3. The van der Waals surface area contributed by atoms with Crippen molar-refractivity contribution in [3.63, 3.8) is 0 Å². The highest BCUT2D eigenvalue weighted by Gasteiger charge is 2.19. The molecule has 2 aromatic carbocycles. The topological polar surface area (TPSA) is 96.6 Å². The minimum Gasteiger partial charge on any atom is -0.355 e. The molecule has 4 heterocycles. The molecule has 0 amide bonds. The van der Waals surface area contributed by atoms with Crippen molar-refractivity contribution in [1.29, 1.82) is 0 Å². The van der Waals surface area contributed by atoms with Crippen molar-refractivity contribution in [1.82, 2.24) is 25.1 Å². The van der Waals surface area contributed by atoms with Crippen molar-refractivity contribution in [2.75, 3.05) is 18.0 Å². The van der Waals surface area contributed by atoms with Gasteiger partial charge < -0.3 is 10.6 Å². The molecule has 3 N–H and O–H groups in total. The van der Waals surface area contributed by atoms with Gasteiger partial charge in [0.1, 0.15) is 17.2 Å². The zero-order valence-corrected chi connectivity index (χ0v) is 17.6. The summed E-state index contributed by atoms with van der Waals surface area (Å²) in [5.41, 5.74) is 11.7. The number of nitrogens with zero attached hydrogens (tertiary/aromatic N) is 5. The van der Waals surface area contributed by atoms with Crippen molar-refractivity contribution in [2.45, 2.75) is 18.9 Å². The largest absolute Gasteiger partial charge is 0.355 e. The molecule has 1 aliphatic heterocycles. The van der Waals surface area contributed by atoms with E-state index >= 15 is 0 Å². The number of aromatic amines is 1. The number of hydrogen-bond donors (Lipinski definition) is 2. The van der Waals surface area contributed by atoms with Crippen molar-refractivity contribution in [3.05, 3.63) is 67.1 Å². The molecule has 1 saturated heterocycles. The molecule has 3 aromatic heterocycles. The fourth-order valence-electron chi connectivity index (χ4n) is 4.37. The first kappa shape index (κ1) is 18.9. The summed E-state index contributed by atoms with van der Waals surface area (Å²) in [6.45, 7) is 1.81. The number of hydrogen-bond acceptors (Lipinski definition) is 6. The second kappa shape index (κ2) is 7.69. The van der Waals surface area contributed by atoms with Gasteiger partial charge in [0.05, 0.1) is 23.4 Å². The quantitative estimate of drug-likeness (QED) is 0.454. The van der Waals surface area contributed by atoms with Gasteiger partial charge in [-0.05, 0) is 42.7 Å². The molecule has 0 spiro atoms. The van der Waals surface area contributed by atoms with Crippen molar-refractivity contribution < 1.29 is 0 Å². The Hall–Kier alpha value is -3.84. The number of benzene rings is 2. The van der Waals surface area contributed by atoms with Gasteiger partial charge >= 0.3 is 0 Å². The van der Waals surface area contributed by atoms with E-state index in [2.05, 4.69) is 55.4 Å². The van der Waals surface area contributed by atoms with Gasteiger partial charge in [0.15, 0.2) is 0 Å². The Labute approximate surface area is 185 Å². The van der Waals surface area contributed by atoms with Gasteiger partial charge in [-0.2, -0.15) is 5.10 Å². The molecular formula is C25H23N7. The first-order chi connectivity index (χ1) is 15.7. The predicted molar refractivity (Wildman–Crippen MR) is 127 cm³/mol. The van der Waals surface area contributed by atoms with Crippen LogP contribution in [0.5, 0.6) is 0 Å². The summed E-state index contributed by atoms with van der Waals surface area (Å²) >= 11 is 0. The number of piperidine rings is 1. The SMILES string of the molecule is NC1CCN(c2cncc(-c3n[nH]c4ccc(-c5cnc6ccccc6c5)cc34)n2)CC1. The smallest absolute Gasteiger partial charge is 0.147 e. The third-order valence-corrected chi connectivity index (χ3v) is 6.21. The van der Waals surface area contributed by atoms with Crippen LogP contribution in [-0.2, 0) is 0 Å². The molecule has 6 rings (SSSR count). The molecule has 0 aliphatic carbocycles. The zero-order chi connectivity index (χ0) is 21.5. The van der Waals surface area contributed by atoms with Crippen LogP contribution in [0.4, 0.5) is 5.82 Å². The van der Waals surface area contributed by atoms with E-state index < -0.39 is 0 Å². The predicted octanol–water partition coefficient (Wildman–Crippen LogP) is 4.16. The van der Waals surface area contributed by atoms with Crippen LogP contribution in [-0.4, -0.2) is 44.3 Å². The van der Waals surface area contributed by atoms with E-state index in [1.807, 2.05) is 30.6 Å². The Kier molecular flexibility index (Phi) is 4.54. The summed E-state index contributed by atoms with van der Waals surface area (Å²) in [5, 5.41) is 9.84. The van der Waals surface area contributed by atoms with Gasteiger partial charge in [-0.15, -0.1) is 0 Å². The lowest BCUT2D eigenvalue weighted by molar-refractivity contribution is 0.498. The lowest BCUT2D eigenvalue weighted by Gasteiger charge is -2.30. The number of fused-ring (bicyclic) bond motifs is 2. The van der Waals surface area contributed by atoms with Gasteiger partial charge in [-0.3, -0.25) is 15.1 Å². The van der Waals surface area contributed by atoms with Crippen LogP contribution in [0.1, 0.15) is 12.8 Å². The zero-order valence-electron chi connectivity index (χ0n) is 17.6. The summed E-state index contributed by atoms with van der Waals surface area (Å²) in [4.78, 5) is 16.2. The van der Waals surface area contributed by atoms with Crippen LogP contribution in [0, 0.1) is 0 Å². The monoisotopic (exact) mass is 421 g/mol. The average Bonchev–Trinajstić information content (AvgIpc) is 3.28. The van der Waals surface area contributed by atoms with Crippen LogP contribution in [0.15, 0.2) is 67.1 Å². The average molecular weight is 422 g/mol. The second-order valence-corrected chi connectivity index (χ2v) is 8.34. The van der Waals surface area contributed by atoms with E-state index in [4.69, 9.17) is 10.7 Å². The molecule has 7 nitrogen and oxygen atoms in total. The van der Waals surface area contributed by atoms with E-state index in [9.17, 15) is 0 Å². The fourth-order valence-corrected chi connectivity index (χ4v) is 4.37. The number of pyridine rings is 1. The van der Waals surface area contributed by atoms with Crippen molar-refractivity contribution >= 4 is 27.6 Å². The molecule has 0 atom stereocenters. The van der Waals surface area contributed by atoms with Gasteiger partial charge in [-0.25, -0.2) is 4.98 Å².